The number of aldehydes is 1. The van der Waals surface area contributed by atoms with Gasteiger partial charge in [-0.1, -0.05) is 0 Å². The molecule has 3 nitrogen and oxygen atoms in total. The first-order valence-electron chi connectivity index (χ1n) is 3.54. The van der Waals surface area contributed by atoms with Gasteiger partial charge in [-0.25, -0.2) is 0 Å². The van der Waals surface area contributed by atoms with E-state index in [1.165, 1.54) is 0 Å². The van der Waals surface area contributed by atoms with E-state index in [1.807, 2.05) is 0 Å². The summed E-state index contributed by atoms with van der Waals surface area (Å²) in [6.07, 6.45) is 3.34. The molecule has 1 heterocycles. The Morgan fingerprint density at radius 1 is 1.60 bits per heavy atom. The molecule has 1 aliphatic heterocycles. The Labute approximate surface area is 60.0 Å². The van der Waals surface area contributed by atoms with Crippen LogP contribution in [0.4, 0.5) is 0 Å². The minimum atomic E-state index is -0.863. The van der Waals surface area contributed by atoms with E-state index >= 15 is 0 Å². The first kappa shape index (κ1) is 7.69. The molecule has 1 fully saturated rings. The summed E-state index contributed by atoms with van der Waals surface area (Å²) in [7, 11) is 0. The third kappa shape index (κ3) is 1.36. The number of aliphatic hydroxyl groups is 1. The van der Waals surface area contributed by atoms with Crippen molar-refractivity contribution < 1.29 is 14.6 Å². The fourth-order valence-electron chi connectivity index (χ4n) is 1.13. The van der Waals surface area contributed by atoms with E-state index in [2.05, 4.69) is 0 Å². The lowest BCUT2D eigenvalue weighted by Crippen LogP contribution is -2.41. The van der Waals surface area contributed by atoms with E-state index in [9.17, 15) is 4.79 Å². The van der Waals surface area contributed by atoms with Crippen molar-refractivity contribution in [1.29, 1.82) is 0 Å². The van der Waals surface area contributed by atoms with E-state index in [4.69, 9.17) is 9.84 Å². The molecule has 0 aromatic carbocycles. The molecule has 0 aromatic heterocycles. The van der Waals surface area contributed by atoms with E-state index in [0.29, 0.717) is 19.3 Å². The molecule has 1 atom stereocenters. The van der Waals surface area contributed by atoms with Crippen molar-refractivity contribution >= 4 is 6.29 Å². The second kappa shape index (κ2) is 3.12. The zero-order chi connectivity index (χ0) is 7.45. The van der Waals surface area contributed by atoms with Crippen molar-refractivity contribution in [3.05, 3.63) is 0 Å². The summed E-state index contributed by atoms with van der Waals surface area (Å²) in [5.41, 5.74) is -0.863. The Hall–Kier alpha value is -0.410. The molecule has 3 heteroatoms. The molecule has 0 bridgehead atoms. The van der Waals surface area contributed by atoms with Crippen LogP contribution in [0, 0.1) is 0 Å². The van der Waals surface area contributed by atoms with Gasteiger partial charge < -0.3 is 14.6 Å². The Kier molecular flexibility index (Phi) is 2.40. The fraction of sp³-hybridized carbons (Fsp3) is 0.857. The highest BCUT2D eigenvalue weighted by atomic mass is 16.5. The first-order valence-corrected chi connectivity index (χ1v) is 3.54. The van der Waals surface area contributed by atoms with Crippen molar-refractivity contribution in [3.63, 3.8) is 0 Å². The maximum atomic E-state index is 10.4. The SMILES string of the molecule is O=CC1(CO)CCCCO1. The Morgan fingerprint density at radius 3 is 2.70 bits per heavy atom. The predicted octanol–water partition coefficient (Wildman–Crippen LogP) is 0.117. The topological polar surface area (TPSA) is 46.5 Å². The molecule has 1 unspecified atom stereocenters. The lowest BCUT2D eigenvalue weighted by molar-refractivity contribution is -0.144. The first-order chi connectivity index (χ1) is 4.83. The Balaban J connectivity index is 2.52. The number of hydrogen-bond donors (Lipinski definition) is 1. The Morgan fingerprint density at radius 2 is 2.40 bits per heavy atom. The summed E-state index contributed by atoms with van der Waals surface area (Å²) >= 11 is 0. The molecule has 1 rings (SSSR count). The van der Waals surface area contributed by atoms with E-state index in [1.54, 1.807) is 0 Å². The number of carbonyl (C=O) groups excluding carboxylic acids is 1. The largest absolute Gasteiger partial charge is 0.393 e. The summed E-state index contributed by atoms with van der Waals surface area (Å²) in [5.74, 6) is 0. The Bertz CT molecular complexity index is 116. The number of hydrogen-bond acceptors (Lipinski definition) is 3. The molecule has 1 N–H and O–H groups in total. The average molecular weight is 144 g/mol. The minimum Gasteiger partial charge on any atom is -0.393 e. The van der Waals surface area contributed by atoms with E-state index < -0.39 is 5.60 Å². The van der Waals surface area contributed by atoms with Crippen molar-refractivity contribution in [2.75, 3.05) is 13.2 Å². The molecule has 10 heavy (non-hydrogen) atoms. The smallest absolute Gasteiger partial charge is 0.154 e. The maximum absolute atomic E-state index is 10.4. The second-order valence-electron chi connectivity index (χ2n) is 2.65. The van der Waals surface area contributed by atoms with Gasteiger partial charge in [-0.05, 0) is 19.3 Å². The highest BCUT2D eigenvalue weighted by molar-refractivity contribution is 5.62. The van der Waals surface area contributed by atoms with Crippen LogP contribution in [0.2, 0.25) is 0 Å². The number of rotatable bonds is 2. The van der Waals surface area contributed by atoms with Crippen LogP contribution in [0.1, 0.15) is 19.3 Å². The number of ether oxygens (including phenoxy) is 1. The lowest BCUT2D eigenvalue weighted by Gasteiger charge is -2.29. The van der Waals surface area contributed by atoms with Crippen LogP contribution in [0.5, 0.6) is 0 Å². The van der Waals surface area contributed by atoms with Gasteiger partial charge in [0.15, 0.2) is 6.29 Å². The van der Waals surface area contributed by atoms with Gasteiger partial charge in [0.2, 0.25) is 0 Å². The van der Waals surface area contributed by atoms with Gasteiger partial charge in [0.25, 0.3) is 0 Å². The molecule has 0 spiro atoms. The quantitative estimate of drug-likeness (QED) is 0.560. The van der Waals surface area contributed by atoms with Gasteiger partial charge in [-0.2, -0.15) is 0 Å². The van der Waals surface area contributed by atoms with Gasteiger partial charge in [0.1, 0.15) is 5.60 Å². The van der Waals surface area contributed by atoms with Crippen LogP contribution >= 0.6 is 0 Å². The van der Waals surface area contributed by atoms with E-state index in [-0.39, 0.29) is 6.61 Å². The number of carbonyl (C=O) groups is 1. The van der Waals surface area contributed by atoms with Gasteiger partial charge in [-0.15, -0.1) is 0 Å². The lowest BCUT2D eigenvalue weighted by atomic mass is 9.97. The molecule has 1 saturated heterocycles. The summed E-state index contributed by atoms with van der Waals surface area (Å²) in [6.45, 7) is 0.413. The van der Waals surface area contributed by atoms with Gasteiger partial charge in [-0.3, -0.25) is 0 Å². The maximum Gasteiger partial charge on any atom is 0.154 e. The van der Waals surface area contributed by atoms with Crippen LogP contribution in [-0.2, 0) is 9.53 Å². The summed E-state index contributed by atoms with van der Waals surface area (Å²) in [5, 5.41) is 8.79. The molecular weight excluding hydrogens is 132 g/mol. The highest BCUT2D eigenvalue weighted by Gasteiger charge is 2.31. The minimum absolute atomic E-state index is 0.184. The molecule has 0 amide bonds. The van der Waals surface area contributed by atoms with Gasteiger partial charge in [0.05, 0.1) is 6.61 Å². The highest BCUT2D eigenvalue weighted by Crippen LogP contribution is 2.21. The fourth-order valence-corrected chi connectivity index (χ4v) is 1.13. The zero-order valence-electron chi connectivity index (χ0n) is 5.88. The molecule has 0 saturated carbocycles. The third-order valence-electron chi connectivity index (χ3n) is 1.87. The van der Waals surface area contributed by atoms with Crippen LogP contribution in [-0.4, -0.2) is 30.2 Å². The third-order valence-corrected chi connectivity index (χ3v) is 1.87. The van der Waals surface area contributed by atoms with Crippen molar-refractivity contribution in [1.82, 2.24) is 0 Å². The van der Waals surface area contributed by atoms with Crippen LogP contribution in [0.25, 0.3) is 0 Å². The normalized spacial score (nSPS) is 33.7. The predicted molar refractivity (Wildman–Crippen MR) is 35.7 cm³/mol. The van der Waals surface area contributed by atoms with Crippen molar-refractivity contribution in [2.45, 2.75) is 24.9 Å². The number of aliphatic hydroxyl groups excluding tert-OH is 1. The summed E-state index contributed by atoms with van der Waals surface area (Å²) in [4.78, 5) is 10.4. The van der Waals surface area contributed by atoms with Crippen molar-refractivity contribution in [2.24, 2.45) is 0 Å². The average Bonchev–Trinajstić information content (AvgIpc) is 2.06. The van der Waals surface area contributed by atoms with Crippen LogP contribution in [0.15, 0.2) is 0 Å². The molecule has 0 radical (unpaired) electrons. The summed E-state index contributed by atoms with van der Waals surface area (Å²) in [6, 6.07) is 0. The van der Waals surface area contributed by atoms with Gasteiger partial charge in [0, 0.05) is 6.61 Å². The standard InChI is InChI=1S/C7H12O3/c8-5-7(6-9)3-1-2-4-10-7/h5,9H,1-4,6H2. The molecule has 0 aliphatic carbocycles. The summed E-state index contributed by atoms with van der Waals surface area (Å²) < 4.78 is 5.15. The molecule has 0 aromatic rings. The molecular formula is C7H12O3. The van der Waals surface area contributed by atoms with Crippen LogP contribution < -0.4 is 0 Å². The van der Waals surface area contributed by atoms with E-state index in [0.717, 1.165) is 12.8 Å². The van der Waals surface area contributed by atoms with Crippen molar-refractivity contribution in [3.8, 4) is 0 Å². The second-order valence-corrected chi connectivity index (χ2v) is 2.65. The molecule has 1 aliphatic rings. The molecule has 58 valence electrons. The van der Waals surface area contributed by atoms with Gasteiger partial charge >= 0.3 is 0 Å². The monoisotopic (exact) mass is 144 g/mol. The van der Waals surface area contributed by atoms with Crippen LogP contribution in [0.3, 0.4) is 0 Å². The zero-order valence-corrected chi connectivity index (χ0v) is 5.88.